The molecule has 1 aromatic rings. The van der Waals surface area contributed by atoms with Gasteiger partial charge in [0.2, 0.25) is 0 Å². The van der Waals surface area contributed by atoms with Gasteiger partial charge in [-0.2, -0.15) is 0 Å². The van der Waals surface area contributed by atoms with Gasteiger partial charge in [-0.05, 0) is 132 Å². The Balaban J connectivity index is 1.25. The molecule has 4 aliphatic carbocycles. The fraction of sp³-hybridized carbons (Fsp3) is 0.677. The first-order valence-corrected chi connectivity index (χ1v) is 17.7. The SMILES string of the molecule is C[C@H](CCC#Cc1ccccc1)C1CC[C@H]2[C@@H]3CC=C4C[C@@H](OPI)CC[C@]4(C)[C@H]3CC[C@]12C. The second-order valence-corrected chi connectivity index (χ2v) is 13.9. The molecule has 0 radical (unpaired) electrons. The first kappa shape index (κ1) is 25.3. The van der Waals surface area contributed by atoms with Gasteiger partial charge in [-0.1, -0.05) is 62.5 Å². The second kappa shape index (κ2) is 10.6. The number of rotatable bonds is 5. The van der Waals surface area contributed by atoms with E-state index in [-0.39, 0.29) is 0 Å². The average Bonchev–Trinajstić information content (AvgIpc) is 3.20. The maximum absolute atomic E-state index is 6.07. The zero-order chi connectivity index (χ0) is 23.8. The Hall–Kier alpha value is -0.360. The summed E-state index contributed by atoms with van der Waals surface area (Å²) in [6, 6.07) is 10.5. The van der Waals surface area contributed by atoms with Gasteiger partial charge in [0.05, 0.1) is 12.6 Å². The van der Waals surface area contributed by atoms with E-state index in [9.17, 15) is 0 Å². The maximum atomic E-state index is 6.07. The van der Waals surface area contributed by atoms with E-state index in [1.165, 1.54) is 57.8 Å². The molecule has 0 N–H and O–H groups in total. The second-order valence-electron chi connectivity index (χ2n) is 12.2. The van der Waals surface area contributed by atoms with Gasteiger partial charge in [0, 0.05) is 12.0 Å². The zero-order valence-electron chi connectivity index (χ0n) is 21.3. The predicted molar refractivity (Wildman–Crippen MR) is 154 cm³/mol. The lowest BCUT2D eigenvalue weighted by Crippen LogP contribution is -2.50. The van der Waals surface area contributed by atoms with Gasteiger partial charge >= 0.3 is 0 Å². The lowest BCUT2D eigenvalue weighted by atomic mass is 9.47. The van der Waals surface area contributed by atoms with Crippen molar-refractivity contribution in [3.8, 4) is 11.8 Å². The highest BCUT2D eigenvalue weighted by atomic mass is 127. The topological polar surface area (TPSA) is 9.23 Å². The number of hydrogen-bond acceptors (Lipinski definition) is 1. The molecule has 2 unspecified atom stereocenters. The van der Waals surface area contributed by atoms with Gasteiger partial charge in [0.1, 0.15) is 0 Å². The average molecular weight is 589 g/mol. The summed E-state index contributed by atoms with van der Waals surface area (Å²) in [5, 5.41) is 0. The smallest absolute Gasteiger partial charge is 0.0797 e. The molecule has 1 nitrogen and oxygen atoms in total. The van der Waals surface area contributed by atoms with Crippen molar-refractivity contribution in [3.63, 3.8) is 0 Å². The number of allylic oxidation sites excluding steroid dienone is 1. The number of halogens is 1. The van der Waals surface area contributed by atoms with E-state index in [4.69, 9.17) is 4.52 Å². The summed E-state index contributed by atoms with van der Waals surface area (Å²) in [7, 11) is 0. The predicted octanol–water partition coefficient (Wildman–Crippen LogP) is 9.36. The summed E-state index contributed by atoms with van der Waals surface area (Å²) in [5.74, 6) is 11.2. The molecule has 0 spiro atoms. The summed E-state index contributed by atoms with van der Waals surface area (Å²) < 4.78 is 6.07. The van der Waals surface area contributed by atoms with E-state index in [0.29, 0.717) is 23.4 Å². The van der Waals surface area contributed by atoms with Crippen molar-refractivity contribution in [2.45, 2.75) is 91.1 Å². The van der Waals surface area contributed by atoms with Gasteiger partial charge in [-0.25, -0.2) is 0 Å². The van der Waals surface area contributed by atoms with Crippen molar-refractivity contribution >= 4 is 28.5 Å². The van der Waals surface area contributed by atoms with E-state index < -0.39 is 0 Å². The number of fused-ring (bicyclic) bond motifs is 5. The minimum absolute atomic E-state index is 0.440. The molecule has 0 aromatic heterocycles. The van der Waals surface area contributed by atoms with Crippen molar-refractivity contribution in [3.05, 3.63) is 47.5 Å². The molecule has 34 heavy (non-hydrogen) atoms. The summed E-state index contributed by atoms with van der Waals surface area (Å²) in [4.78, 5) is 0. The molecule has 1 aromatic carbocycles. The van der Waals surface area contributed by atoms with Crippen LogP contribution in [0.15, 0.2) is 42.0 Å². The van der Waals surface area contributed by atoms with Crippen LogP contribution in [0.4, 0.5) is 0 Å². The normalized spacial score (nSPS) is 40.0. The Morgan fingerprint density at radius 3 is 2.71 bits per heavy atom. The summed E-state index contributed by atoms with van der Waals surface area (Å²) in [5.41, 5.74) is 3.88. The largest absolute Gasteiger partial charge is 0.348 e. The van der Waals surface area contributed by atoms with Crippen LogP contribution in [0.25, 0.3) is 0 Å². The molecule has 4 aliphatic rings. The van der Waals surface area contributed by atoms with Gasteiger partial charge in [-0.15, -0.1) is 0 Å². The Bertz CT molecular complexity index is 947. The van der Waals surface area contributed by atoms with E-state index in [2.05, 4.69) is 91.1 Å². The highest BCUT2D eigenvalue weighted by Crippen LogP contribution is 2.67. The number of benzene rings is 1. The van der Waals surface area contributed by atoms with Crippen LogP contribution in [0, 0.1) is 52.3 Å². The summed E-state index contributed by atoms with van der Waals surface area (Å²) in [6.45, 7) is 8.44. The van der Waals surface area contributed by atoms with E-state index in [0.717, 1.165) is 41.6 Å². The molecule has 3 fully saturated rings. The van der Waals surface area contributed by atoms with Crippen LogP contribution >= 0.6 is 28.5 Å². The van der Waals surface area contributed by atoms with E-state index in [1.807, 2.05) is 0 Å². The monoisotopic (exact) mass is 588 g/mol. The molecular formula is C31H42IOP. The highest BCUT2D eigenvalue weighted by Gasteiger charge is 2.59. The zero-order valence-corrected chi connectivity index (χ0v) is 24.4. The first-order valence-electron chi connectivity index (χ1n) is 13.7. The molecular weight excluding hydrogens is 546 g/mol. The van der Waals surface area contributed by atoms with Crippen molar-refractivity contribution in [2.24, 2.45) is 40.4 Å². The van der Waals surface area contributed by atoms with Crippen molar-refractivity contribution in [1.29, 1.82) is 0 Å². The van der Waals surface area contributed by atoms with Crippen molar-refractivity contribution < 1.29 is 4.52 Å². The van der Waals surface area contributed by atoms with Crippen LogP contribution in [0.2, 0.25) is 0 Å². The van der Waals surface area contributed by atoms with Gasteiger partial charge in [-0.3, -0.25) is 0 Å². The molecule has 0 amide bonds. The first-order chi connectivity index (χ1) is 16.5. The standard InChI is InChI=1S/C31H42IOP/c1-22(9-7-8-12-23-10-5-4-6-11-23)27-15-16-28-26-14-13-24-21-25(33-34-32)17-19-30(24,2)29(26)18-20-31(27,28)3/h4-6,10-11,13,22,25-29,34H,7,9,14-21H2,1-3H3/t22-,25+,26+,27?,28+,29+,30+,31-/m1/s1. The molecule has 0 saturated heterocycles. The van der Waals surface area contributed by atoms with Crippen LogP contribution in [0.5, 0.6) is 0 Å². The maximum Gasteiger partial charge on any atom is 0.0797 e. The molecule has 9 atom stereocenters. The molecule has 0 aliphatic heterocycles. The van der Waals surface area contributed by atoms with E-state index in [1.54, 1.807) is 5.57 Å². The van der Waals surface area contributed by atoms with Gasteiger partial charge < -0.3 is 4.52 Å². The third-order valence-corrected chi connectivity index (χ3v) is 11.9. The highest BCUT2D eigenvalue weighted by molar-refractivity contribution is 14.2. The lowest BCUT2D eigenvalue weighted by molar-refractivity contribution is -0.0550. The molecule has 3 saturated carbocycles. The molecule has 5 rings (SSSR count). The van der Waals surface area contributed by atoms with Crippen molar-refractivity contribution in [2.75, 3.05) is 0 Å². The van der Waals surface area contributed by atoms with Crippen LogP contribution in [0.1, 0.15) is 90.5 Å². The van der Waals surface area contributed by atoms with Crippen LogP contribution in [-0.4, -0.2) is 6.10 Å². The minimum atomic E-state index is 0.440. The quantitative estimate of drug-likeness (QED) is 0.144. The Morgan fingerprint density at radius 1 is 1.09 bits per heavy atom. The summed E-state index contributed by atoms with van der Waals surface area (Å²) in [6.07, 6.45) is 16.4. The molecule has 0 bridgehead atoms. The third-order valence-electron chi connectivity index (χ3n) is 10.8. The Morgan fingerprint density at radius 2 is 1.91 bits per heavy atom. The van der Waals surface area contributed by atoms with Crippen molar-refractivity contribution in [1.82, 2.24) is 0 Å². The fourth-order valence-corrected chi connectivity index (χ4v) is 10.4. The van der Waals surface area contributed by atoms with Gasteiger partial charge in [0.25, 0.3) is 0 Å². The van der Waals surface area contributed by atoms with Gasteiger partial charge in [0.15, 0.2) is 0 Å². The molecule has 3 heteroatoms. The molecule has 0 heterocycles. The number of hydrogen-bond donors (Lipinski definition) is 0. The fourth-order valence-electron chi connectivity index (χ4n) is 8.95. The Kier molecular flexibility index (Phi) is 7.85. The minimum Gasteiger partial charge on any atom is -0.348 e. The van der Waals surface area contributed by atoms with E-state index >= 15 is 0 Å². The van der Waals surface area contributed by atoms with Crippen LogP contribution in [0.3, 0.4) is 0 Å². The lowest BCUT2D eigenvalue weighted by Gasteiger charge is -2.58. The Labute approximate surface area is 223 Å². The van der Waals surface area contributed by atoms with Crippen LogP contribution < -0.4 is 0 Å². The summed E-state index contributed by atoms with van der Waals surface area (Å²) >= 11 is 2.39. The molecule has 184 valence electrons. The third kappa shape index (κ3) is 4.68. The van der Waals surface area contributed by atoms with Crippen LogP contribution in [-0.2, 0) is 4.52 Å².